The minimum Gasteiger partial charge on any atom is -0.326 e. The Hall–Kier alpha value is -0.0800. The van der Waals surface area contributed by atoms with Crippen LogP contribution in [0.3, 0.4) is 0 Å². The lowest BCUT2D eigenvalue weighted by Crippen LogP contribution is -2.55. The molecule has 2 N–H and O–H groups in total. The molecule has 2 heteroatoms. The first-order valence-electron chi connectivity index (χ1n) is 7.06. The largest absolute Gasteiger partial charge is 0.326 e. The third-order valence-electron chi connectivity index (χ3n) is 4.50. The highest BCUT2D eigenvalue weighted by Crippen LogP contribution is 2.31. The van der Waals surface area contributed by atoms with Crippen molar-refractivity contribution < 1.29 is 0 Å². The number of nitrogens with zero attached hydrogens (tertiary/aromatic N) is 1. The molecule has 1 saturated carbocycles. The van der Waals surface area contributed by atoms with Crippen molar-refractivity contribution in [2.45, 2.75) is 58.5 Å². The molecular formula is C14H28N2. The second kappa shape index (κ2) is 5.05. The van der Waals surface area contributed by atoms with E-state index < -0.39 is 0 Å². The molecule has 2 nitrogen and oxygen atoms in total. The van der Waals surface area contributed by atoms with Crippen LogP contribution in [0.1, 0.15) is 46.5 Å². The SMILES string of the molecule is CC1CCC(N)C(N2CC(C)CC(C)C2)C1. The van der Waals surface area contributed by atoms with Crippen molar-refractivity contribution in [1.29, 1.82) is 0 Å². The van der Waals surface area contributed by atoms with Crippen molar-refractivity contribution in [3.63, 3.8) is 0 Å². The Balaban J connectivity index is 1.99. The zero-order chi connectivity index (χ0) is 11.7. The minimum absolute atomic E-state index is 0.425. The summed E-state index contributed by atoms with van der Waals surface area (Å²) < 4.78 is 0. The van der Waals surface area contributed by atoms with E-state index >= 15 is 0 Å². The number of piperidine rings is 1. The molecule has 0 radical (unpaired) electrons. The van der Waals surface area contributed by atoms with Crippen LogP contribution in [-0.4, -0.2) is 30.1 Å². The van der Waals surface area contributed by atoms with Gasteiger partial charge in [-0.2, -0.15) is 0 Å². The molecule has 0 spiro atoms. The van der Waals surface area contributed by atoms with Gasteiger partial charge in [0.05, 0.1) is 0 Å². The molecule has 1 saturated heterocycles. The van der Waals surface area contributed by atoms with E-state index in [9.17, 15) is 0 Å². The molecule has 0 aromatic rings. The smallest absolute Gasteiger partial charge is 0.0249 e. The predicted molar refractivity (Wildman–Crippen MR) is 69.3 cm³/mol. The van der Waals surface area contributed by atoms with Crippen LogP contribution in [0.25, 0.3) is 0 Å². The highest BCUT2D eigenvalue weighted by molar-refractivity contribution is 4.91. The first-order chi connectivity index (χ1) is 7.56. The van der Waals surface area contributed by atoms with Crippen LogP contribution in [0.4, 0.5) is 0 Å². The molecule has 16 heavy (non-hydrogen) atoms. The van der Waals surface area contributed by atoms with Gasteiger partial charge in [0, 0.05) is 25.2 Å². The van der Waals surface area contributed by atoms with Gasteiger partial charge in [-0.05, 0) is 43.4 Å². The van der Waals surface area contributed by atoms with Gasteiger partial charge in [0.1, 0.15) is 0 Å². The summed E-state index contributed by atoms with van der Waals surface area (Å²) >= 11 is 0. The lowest BCUT2D eigenvalue weighted by molar-refractivity contribution is 0.0538. The Morgan fingerprint density at radius 3 is 2.12 bits per heavy atom. The average molecular weight is 224 g/mol. The summed E-state index contributed by atoms with van der Waals surface area (Å²) in [5, 5.41) is 0. The molecule has 1 aliphatic heterocycles. The second-order valence-electron chi connectivity index (χ2n) is 6.55. The number of nitrogens with two attached hydrogens (primary N) is 1. The third kappa shape index (κ3) is 2.78. The Kier molecular flexibility index (Phi) is 3.91. The van der Waals surface area contributed by atoms with Crippen LogP contribution in [0.2, 0.25) is 0 Å². The summed E-state index contributed by atoms with van der Waals surface area (Å²) in [6.45, 7) is 9.71. The normalized spacial score (nSPS) is 46.9. The summed E-state index contributed by atoms with van der Waals surface area (Å²) in [5.41, 5.74) is 6.32. The van der Waals surface area contributed by atoms with Gasteiger partial charge in [-0.3, -0.25) is 4.90 Å². The molecule has 0 aromatic heterocycles. The van der Waals surface area contributed by atoms with Gasteiger partial charge in [0.15, 0.2) is 0 Å². The number of likely N-dealkylation sites (tertiary alicyclic amines) is 1. The lowest BCUT2D eigenvalue weighted by Gasteiger charge is -2.45. The van der Waals surface area contributed by atoms with Crippen LogP contribution < -0.4 is 5.73 Å². The molecule has 94 valence electrons. The monoisotopic (exact) mass is 224 g/mol. The third-order valence-corrected chi connectivity index (χ3v) is 4.50. The van der Waals surface area contributed by atoms with Gasteiger partial charge in [-0.15, -0.1) is 0 Å². The molecule has 0 bridgehead atoms. The van der Waals surface area contributed by atoms with Gasteiger partial charge in [0.2, 0.25) is 0 Å². The number of hydrogen-bond acceptors (Lipinski definition) is 2. The molecule has 2 rings (SSSR count). The zero-order valence-electron chi connectivity index (χ0n) is 11.2. The van der Waals surface area contributed by atoms with Crippen molar-refractivity contribution >= 4 is 0 Å². The molecule has 2 fully saturated rings. The van der Waals surface area contributed by atoms with Crippen LogP contribution in [0.15, 0.2) is 0 Å². The highest BCUT2D eigenvalue weighted by Gasteiger charge is 2.34. The van der Waals surface area contributed by atoms with Gasteiger partial charge in [-0.1, -0.05) is 20.8 Å². The predicted octanol–water partition coefficient (Wildman–Crippen LogP) is 2.48. The summed E-state index contributed by atoms with van der Waals surface area (Å²) in [4.78, 5) is 2.69. The fraction of sp³-hybridized carbons (Fsp3) is 1.00. The molecule has 5 atom stereocenters. The molecule has 5 unspecified atom stereocenters. The van der Waals surface area contributed by atoms with Crippen LogP contribution in [0, 0.1) is 17.8 Å². The minimum atomic E-state index is 0.425. The van der Waals surface area contributed by atoms with Gasteiger partial charge in [0.25, 0.3) is 0 Å². The van der Waals surface area contributed by atoms with Crippen LogP contribution in [-0.2, 0) is 0 Å². The Bertz CT molecular complexity index is 219. The van der Waals surface area contributed by atoms with E-state index in [-0.39, 0.29) is 0 Å². The van der Waals surface area contributed by atoms with E-state index in [1.54, 1.807) is 0 Å². The second-order valence-corrected chi connectivity index (χ2v) is 6.55. The van der Waals surface area contributed by atoms with Crippen molar-refractivity contribution in [2.24, 2.45) is 23.5 Å². The van der Waals surface area contributed by atoms with E-state index in [2.05, 4.69) is 25.7 Å². The quantitative estimate of drug-likeness (QED) is 0.741. The van der Waals surface area contributed by atoms with E-state index in [0.29, 0.717) is 12.1 Å². The van der Waals surface area contributed by atoms with Crippen LogP contribution >= 0.6 is 0 Å². The summed E-state index contributed by atoms with van der Waals surface area (Å²) in [6.07, 6.45) is 5.27. The van der Waals surface area contributed by atoms with Crippen molar-refractivity contribution in [1.82, 2.24) is 4.90 Å². The van der Waals surface area contributed by atoms with Crippen molar-refractivity contribution in [3.05, 3.63) is 0 Å². The van der Waals surface area contributed by atoms with E-state index in [1.165, 1.54) is 38.8 Å². The van der Waals surface area contributed by atoms with Crippen LogP contribution in [0.5, 0.6) is 0 Å². The van der Waals surface area contributed by atoms with E-state index in [0.717, 1.165) is 17.8 Å². The summed E-state index contributed by atoms with van der Waals surface area (Å²) in [7, 11) is 0. The van der Waals surface area contributed by atoms with Crippen molar-refractivity contribution in [2.75, 3.05) is 13.1 Å². The summed E-state index contributed by atoms with van der Waals surface area (Å²) in [6, 6.07) is 1.09. The lowest BCUT2D eigenvalue weighted by atomic mass is 9.81. The molecule has 0 aromatic carbocycles. The topological polar surface area (TPSA) is 29.3 Å². The summed E-state index contributed by atoms with van der Waals surface area (Å²) in [5.74, 6) is 2.58. The molecule has 1 heterocycles. The standard InChI is InChI=1S/C14H28N2/c1-10-4-5-13(15)14(7-10)16-8-11(2)6-12(3)9-16/h10-14H,4-9,15H2,1-3H3. The average Bonchev–Trinajstić information content (AvgIpc) is 2.20. The molecular weight excluding hydrogens is 196 g/mol. The molecule has 2 aliphatic rings. The molecule has 0 amide bonds. The maximum absolute atomic E-state index is 6.32. The fourth-order valence-electron chi connectivity index (χ4n) is 3.78. The van der Waals surface area contributed by atoms with Gasteiger partial charge in [-0.25, -0.2) is 0 Å². The Morgan fingerprint density at radius 2 is 1.50 bits per heavy atom. The Labute approximate surface area is 101 Å². The highest BCUT2D eigenvalue weighted by atomic mass is 15.2. The van der Waals surface area contributed by atoms with E-state index in [4.69, 9.17) is 5.73 Å². The van der Waals surface area contributed by atoms with Gasteiger partial charge >= 0.3 is 0 Å². The number of rotatable bonds is 1. The maximum atomic E-state index is 6.32. The Morgan fingerprint density at radius 1 is 0.875 bits per heavy atom. The molecule has 1 aliphatic carbocycles. The first-order valence-corrected chi connectivity index (χ1v) is 7.06. The maximum Gasteiger partial charge on any atom is 0.0249 e. The van der Waals surface area contributed by atoms with Crippen molar-refractivity contribution in [3.8, 4) is 0 Å². The number of hydrogen-bond donors (Lipinski definition) is 1. The zero-order valence-corrected chi connectivity index (χ0v) is 11.2. The first kappa shape index (κ1) is 12.4. The fourth-order valence-corrected chi connectivity index (χ4v) is 3.78. The van der Waals surface area contributed by atoms with Gasteiger partial charge < -0.3 is 5.73 Å². The van der Waals surface area contributed by atoms with E-state index in [1.807, 2.05) is 0 Å².